The molecule has 0 aliphatic carbocycles. The van der Waals surface area contributed by atoms with Crippen LogP contribution in [0.3, 0.4) is 0 Å². The number of ether oxygens (including phenoxy) is 10. The fraction of sp³-hybridized carbons (Fsp3) is 0.667. The quantitative estimate of drug-likeness (QED) is 0.0121. The number of allylic oxidation sites excluding steroid dienone is 12. The van der Waals surface area contributed by atoms with E-state index in [-0.39, 0.29) is 164 Å². The molecule has 760 valence electrons. The lowest BCUT2D eigenvalue weighted by Crippen LogP contribution is -2.50. The van der Waals surface area contributed by atoms with Crippen LogP contribution in [-0.4, -0.2) is 237 Å². The molecule has 28 atom stereocenters. The molecule has 4 amide bonds. The van der Waals surface area contributed by atoms with E-state index >= 15 is 0 Å². The van der Waals surface area contributed by atoms with Gasteiger partial charge in [-0.2, -0.15) is 0 Å². The third-order valence-corrected chi connectivity index (χ3v) is 26.6. The van der Waals surface area contributed by atoms with Gasteiger partial charge in [-0.1, -0.05) is 221 Å². The third kappa shape index (κ3) is 40.8. The Hall–Kier alpha value is -8.36. The van der Waals surface area contributed by atoms with Crippen molar-refractivity contribution in [1.82, 2.24) is 21.3 Å². The summed E-state index contributed by atoms with van der Waals surface area (Å²) in [5, 5.41) is 69.6. The summed E-state index contributed by atoms with van der Waals surface area (Å²) in [6.45, 7) is 50.0. The number of nitrogens with one attached hydrogen (secondary N) is 4. The third-order valence-electron chi connectivity index (χ3n) is 26.6. The van der Waals surface area contributed by atoms with Crippen LogP contribution in [0, 0.1) is 47.3 Å². The summed E-state index contributed by atoms with van der Waals surface area (Å²) < 4.78 is 59.6. The van der Waals surface area contributed by atoms with Crippen molar-refractivity contribution < 1.29 is 116 Å². The van der Waals surface area contributed by atoms with Crippen molar-refractivity contribution in [3.8, 4) is 0 Å². The van der Waals surface area contributed by atoms with Gasteiger partial charge in [-0.25, -0.2) is 0 Å². The molecule has 0 aromatic rings. The van der Waals surface area contributed by atoms with E-state index in [1.165, 1.54) is 0 Å². The van der Waals surface area contributed by atoms with Crippen molar-refractivity contribution in [3.05, 3.63) is 168 Å². The number of aliphatic hydroxyl groups excluding tert-OH is 2. The Morgan fingerprint density at radius 1 is 0.375 bits per heavy atom. The summed E-state index contributed by atoms with van der Waals surface area (Å²) in [5.74, 6) is -1.26. The summed E-state index contributed by atoms with van der Waals surface area (Å²) in [7, 11) is 0. The van der Waals surface area contributed by atoms with E-state index in [4.69, 9.17) is 67.8 Å². The van der Waals surface area contributed by atoms with Gasteiger partial charge in [0.15, 0.2) is 0 Å². The standard InChI is InChI=1S/C27H41NO7.2C27H41NO6.C27H41NO5/c1-16(2)6-11-24(29)28-21-12-18(4)22(34-19(21)5)9-7-17(3)8-10-23-26(32)27(15-33-27)14-20(35-23)13-25(30)31;1-17(2)6-11-25(29)28-23-12-19(4)24(33-20(23)5)10-8-18(3)7-9-21-14-27(16-32-27)15-22(34-21)13-26(30)31;1-16(2)7-12-25(29)28-22-14-18(4)23(33-20(22)6)10-8-17(3)9-11-24-27(32)19(5)13-21(34-24)15-26(30)31;1-17(2)7-12-26(29)28-24-15-20(5)25(32-21(24)6)11-9-18(3)8-10-22-13-19(4)14-23(33-22)16-27(30)31/h6-8,10-11,16,18-23,26,32H,9,12-15H2,1-5H3,(H,28,29)(H,30,31);6-9,11,17,19-24H,10,12-16H2,1-5H3,(H,28,29)(H,30,31);7-9,11-12,16,18,20-24,27,32H,5,10,13-15H2,1-4,6H3,(H,28,29)(H,30,31);7-10,12,17,20-25H,4,11,13-16H2,1-3,5-6H3,(H,28,29)(H,30,31)/b10-8+,11-6-,17-7+;9-7+,11-6-,18-8+;11-9+,12-7-,17-8+;10-8+,12-7-,18-9+/t18-,19+,20-,21+,22-,23+,26-,27+;19-,20+,21+,22-,23+,24-,27+;18-,20+,21+,22+,23-,24+,27+;20-,21+,22+,23+,24+,25-/m0000/s1. The van der Waals surface area contributed by atoms with Gasteiger partial charge in [0, 0.05) is 19.3 Å². The highest BCUT2D eigenvalue weighted by molar-refractivity contribution is 5.89. The second-order valence-corrected chi connectivity index (χ2v) is 41.2. The van der Waals surface area contributed by atoms with Crippen LogP contribution in [-0.2, 0) is 85.7 Å². The zero-order chi connectivity index (χ0) is 101. The van der Waals surface area contributed by atoms with Crippen molar-refractivity contribution in [2.45, 2.75) is 399 Å². The fourth-order valence-corrected chi connectivity index (χ4v) is 18.3. The summed E-state index contributed by atoms with van der Waals surface area (Å²) in [5.41, 5.74) is 4.99. The van der Waals surface area contributed by atoms with E-state index in [0.29, 0.717) is 80.0 Å². The smallest absolute Gasteiger partial charge is 0.305 e. The first-order chi connectivity index (χ1) is 64.0. The van der Waals surface area contributed by atoms with Gasteiger partial charge >= 0.3 is 23.9 Å². The molecule has 28 heteroatoms. The minimum Gasteiger partial charge on any atom is -0.481 e. The monoisotopic (exact) mass is 1900 g/mol. The highest BCUT2D eigenvalue weighted by Gasteiger charge is 2.59. The Balaban J connectivity index is 0.000000247. The van der Waals surface area contributed by atoms with E-state index in [2.05, 4.69) is 93.3 Å². The van der Waals surface area contributed by atoms with E-state index in [1.807, 2.05) is 165 Å². The van der Waals surface area contributed by atoms with Crippen LogP contribution < -0.4 is 21.3 Å². The molecule has 0 unspecified atom stereocenters. The molecular weight excluding hydrogens is 1740 g/mol. The first-order valence-corrected chi connectivity index (χ1v) is 49.5. The number of carboxylic acids is 4. The molecule has 136 heavy (non-hydrogen) atoms. The van der Waals surface area contributed by atoms with Gasteiger partial charge < -0.3 is 99.3 Å². The van der Waals surface area contributed by atoms with E-state index in [9.17, 15) is 48.6 Å². The molecule has 0 radical (unpaired) electrons. The number of amides is 4. The number of carbonyl (C=O) groups excluding carboxylic acids is 4. The van der Waals surface area contributed by atoms with Crippen molar-refractivity contribution in [2.75, 3.05) is 13.2 Å². The Kier molecular flexibility index (Phi) is 46.8. The van der Waals surface area contributed by atoms with Crippen LogP contribution in [0.15, 0.2) is 168 Å². The lowest BCUT2D eigenvalue weighted by molar-refractivity contribution is -0.155. The van der Waals surface area contributed by atoms with Crippen LogP contribution in [0.5, 0.6) is 0 Å². The molecule has 10 rings (SSSR count). The average Bonchev–Trinajstić information content (AvgIpc) is 1.64. The minimum absolute atomic E-state index is 0.00271. The predicted octanol–water partition coefficient (Wildman–Crippen LogP) is 16.2. The Labute approximate surface area is 808 Å². The number of hydrogen-bond donors (Lipinski definition) is 10. The Morgan fingerprint density at radius 3 is 1.01 bits per heavy atom. The zero-order valence-corrected chi connectivity index (χ0v) is 84.5. The molecule has 10 fully saturated rings. The molecule has 0 aromatic carbocycles. The molecule has 10 aliphatic heterocycles. The van der Waals surface area contributed by atoms with E-state index < -0.39 is 66.1 Å². The van der Waals surface area contributed by atoms with Crippen LogP contribution in [0.2, 0.25) is 0 Å². The predicted molar refractivity (Wildman–Crippen MR) is 525 cm³/mol. The number of aliphatic hydroxyl groups is 2. The lowest BCUT2D eigenvalue weighted by Gasteiger charge is -2.39. The number of epoxide rings is 2. The zero-order valence-electron chi connectivity index (χ0n) is 84.5. The summed E-state index contributed by atoms with van der Waals surface area (Å²) in [6, 6.07) is -0.00552. The molecule has 28 nitrogen and oxygen atoms in total. The fourth-order valence-electron chi connectivity index (χ4n) is 18.3. The maximum Gasteiger partial charge on any atom is 0.305 e. The summed E-state index contributed by atoms with van der Waals surface area (Å²) in [4.78, 5) is 92.8. The Morgan fingerprint density at radius 2 is 0.676 bits per heavy atom. The van der Waals surface area contributed by atoms with Gasteiger partial charge in [-0.3, -0.25) is 38.4 Å². The molecule has 10 N–H and O–H groups in total. The van der Waals surface area contributed by atoms with E-state index in [0.717, 1.165) is 92.1 Å². The number of carboxylic acid groups (broad SMARTS) is 4. The molecule has 10 aliphatic rings. The molecule has 0 saturated carbocycles. The summed E-state index contributed by atoms with van der Waals surface area (Å²) in [6.07, 6.45) is 43.1. The van der Waals surface area contributed by atoms with Crippen LogP contribution >= 0.6 is 0 Å². The van der Waals surface area contributed by atoms with Crippen LogP contribution in [0.1, 0.15) is 254 Å². The van der Waals surface area contributed by atoms with Gasteiger partial charge in [0.1, 0.15) is 30.0 Å². The van der Waals surface area contributed by atoms with Crippen LogP contribution in [0.4, 0.5) is 0 Å². The van der Waals surface area contributed by atoms with Crippen molar-refractivity contribution in [1.29, 1.82) is 0 Å². The minimum atomic E-state index is -0.933. The van der Waals surface area contributed by atoms with Gasteiger partial charge in [0.25, 0.3) is 0 Å². The number of aliphatic carboxylic acids is 4. The largest absolute Gasteiger partial charge is 0.481 e. The SMILES string of the molecule is C=C1C[C@H](CC(=O)O)O[C@H](/C=C/C(C)=C/C[C@@H]2O[C@H](C)[C@H](NC(=O)/C=C\C(C)C)C[C@@H]2C)C1.C=C1C[C@H](CC(=O)O)O[C@H](/C=C/C(C)=C/C[C@@H]2O[C@H](C)[C@H](NC(=O)/C=C\C(C)C)C[C@@H]2C)[C@@H]1O.CC(/C=C/[C@@H]1C[C@]2(CO2)C[C@H](CC(=O)O)O1)=C\C[C@@H]1O[C@H](C)[C@H](NC(=O)/C=C\C(C)C)C[C@@H]1C.CC(/C=C/[C@H]1O[C@@H](CC(=O)O)C[C@@]2(CO2)[C@H]1O)=C\C[C@@H]1O[C@H](C)[C@H](NC(=O)/C=C\C(C)C)C[C@@H]1C. The molecular formula is C108H164N4O24. The number of hydrogen-bond acceptors (Lipinski definition) is 20. The first-order valence-electron chi connectivity index (χ1n) is 49.5. The average molecular weight is 1900 g/mol. The highest BCUT2D eigenvalue weighted by Crippen LogP contribution is 2.45. The van der Waals surface area contributed by atoms with Gasteiger partial charge in [-0.05, 0) is 203 Å². The number of carbonyl (C=O) groups is 8. The second-order valence-electron chi connectivity index (χ2n) is 41.2. The highest BCUT2D eigenvalue weighted by atomic mass is 16.6. The summed E-state index contributed by atoms with van der Waals surface area (Å²) >= 11 is 0. The molecule has 10 saturated heterocycles. The molecule has 2 spiro atoms. The van der Waals surface area contributed by atoms with E-state index in [1.54, 1.807) is 36.5 Å². The van der Waals surface area contributed by atoms with Crippen molar-refractivity contribution >= 4 is 47.5 Å². The first kappa shape index (κ1) is 115. The maximum atomic E-state index is 12.2. The topological polar surface area (TPSA) is 405 Å². The van der Waals surface area contributed by atoms with Crippen molar-refractivity contribution in [2.24, 2.45) is 47.3 Å². The van der Waals surface area contributed by atoms with Crippen molar-refractivity contribution in [3.63, 3.8) is 0 Å². The van der Waals surface area contributed by atoms with Gasteiger partial charge in [-0.15, -0.1) is 0 Å². The molecule has 10 heterocycles. The second kappa shape index (κ2) is 55.6. The molecule has 0 bridgehead atoms. The normalized spacial score (nSPS) is 34.8. The number of rotatable bonds is 36. The van der Waals surface area contributed by atoms with Crippen LogP contribution in [0.25, 0.3) is 0 Å². The molecule has 0 aromatic heterocycles. The lowest BCUT2D eigenvalue weighted by atomic mass is 9.87. The van der Waals surface area contributed by atoms with Gasteiger partial charge in [0.05, 0.1) is 154 Å². The van der Waals surface area contributed by atoms with Gasteiger partial charge in [0.2, 0.25) is 23.6 Å². The Bertz CT molecular complexity index is 4320. The maximum absolute atomic E-state index is 12.2.